The van der Waals surface area contributed by atoms with Crippen molar-refractivity contribution in [1.29, 1.82) is 10.5 Å². The van der Waals surface area contributed by atoms with Gasteiger partial charge in [0, 0.05) is 11.3 Å². The number of aryl methyl sites for hydroxylation is 2. The van der Waals surface area contributed by atoms with E-state index >= 15 is 0 Å². The van der Waals surface area contributed by atoms with Crippen molar-refractivity contribution in [2.75, 3.05) is 16.8 Å². The molecular formula is C23H19N5O2S. The molecule has 0 aliphatic heterocycles. The van der Waals surface area contributed by atoms with Crippen LogP contribution in [0.5, 0.6) is 5.75 Å². The maximum atomic E-state index is 12.5. The van der Waals surface area contributed by atoms with Gasteiger partial charge in [0.05, 0.1) is 11.3 Å². The van der Waals surface area contributed by atoms with Crippen LogP contribution < -0.4 is 11.1 Å². The number of amides is 1. The van der Waals surface area contributed by atoms with Gasteiger partial charge in [-0.15, -0.1) is 0 Å². The Hall–Kier alpha value is -4.01. The molecular weight excluding hydrogens is 410 g/mol. The third-order valence-corrected chi connectivity index (χ3v) is 5.52. The van der Waals surface area contributed by atoms with Crippen LogP contribution in [0.3, 0.4) is 0 Å². The molecule has 0 fully saturated rings. The van der Waals surface area contributed by atoms with Crippen molar-refractivity contribution in [3.63, 3.8) is 0 Å². The van der Waals surface area contributed by atoms with Crippen molar-refractivity contribution >= 4 is 29.2 Å². The highest BCUT2D eigenvalue weighted by Crippen LogP contribution is 2.36. The summed E-state index contributed by atoms with van der Waals surface area (Å²) in [4.78, 5) is 16.7. The quantitative estimate of drug-likeness (QED) is 0.519. The normalized spacial score (nSPS) is 10.2. The molecule has 0 saturated heterocycles. The first-order valence-electron chi connectivity index (χ1n) is 9.27. The van der Waals surface area contributed by atoms with Crippen LogP contribution in [0.25, 0.3) is 11.1 Å². The predicted octanol–water partition coefficient (Wildman–Crippen LogP) is 4.13. The minimum Gasteiger partial charge on any atom is -0.508 e. The number of carbonyl (C=O) groups is 1. The van der Waals surface area contributed by atoms with Gasteiger partial charge < -0.3 is 16.2 Å². The van der Waals surface area contributed by atoms with Gasteiger partial charge in [-0.3, -0.25) is 4.79 Å². The summed E-state index contributed by atoms with van der Waals surface area (Å²) in [7, 11) is 0. The largest absolute Gasteiger partial charge is 0.508 e. The van der Waals surface area contributed by atoms with E-state index in [9.17, 15) is 20.4 Å². The predicted molar refractivity (Wildman–Crippen MR) is 120 cm³/mol. The topological polar surface area (TPSA) is 136 Å². The lowest BCUT2D eigenvalue weighted by molar-refractivity contribution is -0.113. The van der Waals surface area contributed by atoms with Crippen LogP contribution in [0.4, 0.5) is 11.5 Å². The average molecular weight is 430 g/mol. The summed E-state index contributed by atoms with van der Waals surface area (Å²) in [5, 5.41) is 32.3. The minimum atomic E-state index is -0.260. The number of benzene rings is 2. The second-order valence-electron chi connectivity index (χ2n) is 6.86. The molecule has 0 unspecified atom stereocenters. The van der Waals surface area contributed by atoms with E-state index in [1.165, 1.54) is 12.1 Å². The Morgan fingerprint density at radius 1 is 1.16 bits per heavy atom. The number of nitrogens with two attached hydrogens (primary N) is 1. The van der Waals surface area contributed by atoms with Gasteiger partial charge in [0.2, 0.25) is 5.91 Å². The van der Waals surface area contributed by atoms with Crippen molar-refractivity contribution in [2.24, 2.45) is 0 Å². The summed E-state index contributed by atoms with van der Waals surface area (Å²) >= 11 is 1.06. The van der Waals surface area contributed by atoms with E-state index in [-0.39, 0.29) is 44.9 Å². The van der Waals surface area contributed by atoms with Gasteiger partial charge in [-0.25, -0.2) is 4.98 Å². The number of nitrogens with one attached hydrogen (secondary N) is 1. The van der Waals surface area contributed by atoms with Gasteiger partial charge in [-0.2, -0.15) is 10.5 Å². The molecule has 7 nitrogen and oxygen atoms in total. The third-order valence-electron chi connectivity index (χ3n) is 4.55. The molecule has 0 saturated carbocycles. The molecule has 3 rings (SSSR count). The number of nitrogens with zero attached hydrogens (tertiary/aromatic N) is 3. The number of thioether (sulfide) groups is 1. The molecule has 1 aromatic heterocycles. The summed E-state index contributed by atoms with van der Waals surface area (Å²) in [5.74, 6) is -0.316. The van der Waals surface area contributed by atoms with Crippen molar-refractivity contribution in [1.82, 2.24) is 4.98 Å². The van der Waals surface area contributed by atoms with Gasteiger partial charge in [-0.05, 0) is 43.2 Å². The number of nitrogen functional groups attached to an aromatic ring is 1. The fourth-order valence-electron chi connectivity index (χ4n) is 3.13. The molecule has 1 amide bonds. The van der Waals surface area contributed by atoms with Gasteiger partial charge in [0.25, 0.3) is 0 Å². The number of hydrogen-bond acceptors (Lipinski definition) is 7. The molecule has 2 aromatic carbocycles. The maximum absolute atomic E-state index is 12.5. The van der Waals surface area contributed by atoms with Crippen molar-refractivity contribution < 1.29 is 9.90 Å². The van der Waals surface area contributed by atoms with Crippen LogP contribution in [0.2, 0.25) is 0 Å². The maximum Gasteiger partial charge on any atom is 0.234 e. The molecule has 8 heteroatoms. The zero-order valence-corrected chi connectivity index (χ0v) is 17.7. The Morgan fingerprint density at radius 3 is 2.55 bits per heavy atom. The molecule has 31 heavy (non-hydrogen) atoms. The number of aromatic hydroxyl groups is 1. The first kappa shape index (κ1) is 21.7. The highest BCUT2D eigenvalue weighted by molar-refractivity contribution is 8.00. The van der Waals surface area contributed by atoms with Gasteiger partial charge in [0.15, 0.2) is 0 Å². The van der Waals surface area contributed by atoms with Gasteiger partial charge >= 0.3 is 0 Å². The molecule has 4 N–H and O–H groups in total. The molecule has 0 spiro atoms. The summed E-state index contributed by atoms with van der Waals surface area (Å²) < 4.78 is 0. The van der Waals surface area contributed by atoms with Crippen molar-refractivity contribution in [3.8, 4) is 29.0 Å². The van der Waals surface area contributed by atoms with Crippen LogP contribution in [0, 0.1) is 36.5 Å². The molecule has 1 heterocycles. The Bertz CT molecular complexity index is 1260. The lowest BCUT2D eigenvalue weighted by atomic mass is 9.97. The summed E-state index contributed by atoms with van der Waals surface area (Å²) in [6, 6.07) is 16.0. The smallest absolute Gasteiger partial charge is 0.234 e. The minimum absolute atomic E-state index is 0.000182. The Morgan fingerprint density at radius 2 is 1.90 bits per heavy atom. The first-order valence-corrected chi connectivity index (χ1v) is 10.3. The van der Waals surface area contributed by atoms with Gasteiger partial charge in [0.1, 0.15) is 34.3 Å². The summed E-state index contributed by atoms with van der Waals surface area (Å²) in [6.07, 6.45) is 0. The standard InChI is InChI=1S/C23H19N5O2S/c1-13-6-7-19(14(2)8-13)27-20(30)12-31-23-18(11-25)21(17(10-24)22(26)28-23)15-4-3-5-16(29)9-15/h3-9,29H,12H2,1-2H3,(H2,26,28)(H,27,30). The molecule has 3 aromatic rings. The van der Waals surface area contributed by atoms with E-state index in [1.54, 1.807) is 12.1 Å². The van der Waals surface area contributed by atoms with E-state index in [0.717, 1.165) is 22.9 Å². The lowest BCUT2D eigenvalue weighted by Crippen LogP contribution is -2.15. The van der Waals surface area contributed by atoms with Crippen LogP contribution in [0.15, 0.2) is 47.5 Å². The van der Waals surface area contributed by atoms with Crippen molar-refractivity contribution in [2.45, 2.75) is 18.9 Å². The Labute approximate surface area is 184 Å². The number of carbonyl (C=O) groups excluding carboxylic acids is 1. The zero-order valence-electron chi connectivity index (χ0n) is 16.9. The third kappa shape index (κ3) is 4.77. The van der Waals surface area contributed by atoms with Crippen LogP contribution in [-0.2, 0) is 4.79 Å². The molecule has 0 bridgehead atoms. The monoisotopic (exact) mass is 429 g/mol. The number of anilines is 2. The number of phenolic OH excluding ortho intramolecular Hbond substituents is 1. The van der Waals surface area contributed by atoms with Gasteiger partial charge in [-0.1, -0.05) is 41.6 Å². The fraction of sp³-hybridized carbons (Fsp3) is 0.130. The first-order chi connectivity index (χ1) is 14.8. The van der Waals surface area contributed by atoms with E-state index < -0.39 is 0 Å². The van der Waals surface area contributed by atoms with E-state index in [4.69, 9.17) is 5.73 Å². The number of pyridine rings is 1. The summed E-state index contributed by atoms with van der Waals surface area (Å²) in [5.41, 5.74) is 9.65. The molecule has 154 valence electrons. The Balaban J connectivity index is 1.92. The summed E-state index contributed by atoms with van der Waals surface area (Å²) in [6.45, 7) is 3.89. The number of hydrogen-bond donors (Lipinski definition) is 3. The lowest BCUT2D eigenvalue weighted by Gasteiger charge is -2.13. The van der Waals surface area contributed by atoms with E-state index in [0.29, 0.717) is 11.3 Å². The van der Waals surface area contributed by atoms with E-state index in [2.05, 4.69) is 16.4 Å². The zero-order chi connectivity index (χ0) is 22.5. The molecule has 0 aliphatic carbocycles. The highest BCUT2D eigenvalue weighted by atomic mass is 32.2. The van der Waals surface area contributed by atoms with Crippen LogP contribution in [0.1, 0.15) is 22.3 Å². The second kappa shape index (κ2) is 9.21. The average Bonchev–Trinajstić information content (AvgIpc) is 2.73. The SMILES string of the molecule is Cc1ccc(NC(=O)CSc2nc(N)c(C#N)c(-c3cccc(O)c3)c2C#N)c(C)c1. The fourth-order valence-corrected chi connectivity index (χ4v) is 3.92. The number of nitriles is 2. The van der Waals surface area contributed by atoms with Crippen LogP contribution >= 0.6 is 11.8 Å². The van der Waals surface area contributed by atoms with Crippen molar-refractivity contribution in [3.05, 3.63) is 64.7 Å². The molecule has 0 aliphatic rings. The van der Waals surface area contributed by atoms with E-state index in [1.807, 2.05) is 38.1 Å². The highest BCUT2D eigenvalue weighted by Gasteiger charge is 2.21. The second-order valence-corrected chi connectivity index (χ2v) is 7.82. The van der Waals surface area contributed by atoms with Crippen LogP contribution in [-0.4, -0.2) is 21.8 Å². The molecule has 0 atom stereocenters. The number of phenols is 1. The Kier molecular flexibility index (Phi) is 6.44. The number of rotatable bonds is 5. The number of aromatic nitrogens is 1. The molecule has 0 radical (unpaired) electrons.